The van der Waals surface area contributed by atoms with Gasteiger partial charge in [-0.1, -0.05) is 73.9 Å². The quantitative estimate of drug-likeness (QED) is 0.00379. The number of phenols is 6. The SMILES string of the molecule is NC(=O)CCCCCc1oc2cc(OC(=O)c3ccccc3)c(O)cc2c1C(=O)c1cc(Br)c(O)c(Br)c1.NC(=O)CCCCCc1oc2cc(OC(=O)c3ccccc3)c(O)cc2c1C(=O)c1cc(I)c(O)c(I)c1.NC(=O)CCCCCc1oc2cc(OC(=O)c3ccccc3)c(O)cc2c1C(=O)c1cc(N)c(O)c(N)c1. The van der Waals surface area contributed by atoms with E-state index in [9.17, 15) is 73.8 Å². The first-order valence-corrected chi connectivity index (χ1v) is 39.1. The number of amides is 3. The van der Waals surface area contributed by atoms with Gasteiger partial charge in [0.1, 0.15) is 45.5 Å². The second-order valence-electron chi connectivity index (χ2n) is 26.1. The molecule has 0 unspecified atom stereocenters. The largest absolute Gasteiger partial charge is 0.506 e. The number of carbonyl (C=O) groups is 9. The zero-order valence-corrected chi connectivity index (χ0v) is 67.9. The van der Waals surface area contributed by atoms with Crippen LogP contribution in [0.1, 0.15) is 173 Å². The van der Waals surface area contributed by atoms with Crippen molar-refractivity contribution in [2.24, 2.45) is 17.2 Å². The normalized spacial score (nSPS) is 11.0. The first kappa shape index (κ1) is 84.7. The van der Waals surface area contributed by atoms with Crippen LogP contribution in [0.25, 0.3) is 32.9 Å². The molecule has 12 rings (SSSR count). The first-order valence-electron chi connectivity index (χ1n) is 35.4. The van der Waals surface area contributed by atoms with Crippen LogP contribution >= 0.6 is 77.0 Å². The maximum absolute atomic E-state index is 13.7. The van der Waals surface area contributed by atoms with E-state index in [1.807, 2.05) is 45.2 Å². The summed E-state index contributed by atoms with van der Waals surface area (Å²) in [7, 11) is 0. The molecule has 3 aromatic heterocycles. The number of unbranched alkanes of at least 4 members (excludes halogenated alkanes) is 6. The minimum absolute atomic E-state index is 0.0456. The third-order valence-electron chi connectivity index (χ3n) is 17.8. The number of carbonyl (C=O) groups excluding carboxylic acids is 9. The number of furan rings is 3. The predicted octanol–water partition coefficient (Wildman–Crippen LogP) is 16.5. The van der Waals surface area contributed by atoms with Crippen LogP contribution in [0.15, 0.2) is 186 Å². The topological polar surface area (TPSA) is 472 Å². The van der Waals surface area contributed by atoms with Crippen LogP contribution in [-0.4, -0.2) is 83.6 Å². The lowest BCUT2D eigenvalue weighted by atomic mass is 9.97. The fourth-order valence-electron chi connectivity index (χ4n) is 12.1. The van der Waals surface area contributed by atoms with Crippen molar-refractivity contribution in [3.8, 4) is 51.7 Å². The molecule has 26 nitrogen and oxygen atoms in total. The fraction of sp³-hybridized carbons (Fsp3) is 0.179. The molecule has 0 bridgehead atoms. The number of phenolic OH excluding ortho intramolecular Hbond substituents is 6. The fourth-order valence-corrected chi connectivity index (χ4v) is 15.1. The van der Waals surface area contributed by atoms with Gasteiger partial charge in [0.25, 0.3) is 0 Å². The summed E-state index contributed by atoms with van der Waals surface area (Å²) in [5.41, 5.74) is 30.2. The molecular weight excluding hydrogens is 1830 g/mol. The number of ether oxygens (including phenoxy) is 3. The number of primary amides is 3. The summed E-state index contributed by atoms with van der Waals surface area (Å²) in [6, 6.07) is 41.8. The van der Waals surface area contributed by atoms with E-state index in [0.29, 0.717) is 149 Å². The van der Waals surface area contributed by atoms with E-state index < -0.39 is 23.7 Å². The zero-order valence-electron chi connectivity index (χ0n) is 60.4. The number of aromatic hydroxyl groups is 6. The van der Waals surface area contributed by atoms with Gasteiger partial charge in [-0.25, -0.2) is 14.4 Å². The number of benzene rings is 9. The molecule has 0 saturated carbocycles. The average molecular weight is 1900 g/mol. The van der Waals surface area contributed by atoms with Gasteiger partial charge in [-0.05, 0) is 207 Å². The molecule has 0 fully saturated rings. The summed E-state index contributed by atoms with van der Waals surface area (Å²) < 4.78 is 36.0. The van der Waals surface area contributed by atoms with Gasteiger partial charge >= 0.3 is 17.9 Å². The number of nitrogen functional groups attached to an aromatic ring is 2. The van der Waals surface area contributed by atoms with Gasteiger partial charge in [0, 0.05) is 89.6 Å². The highest BCUT2D eigenvalue weighted by molar-refractivity contribution is 14.1. The Bertz CT molecular complexity index is 5070. The third-order valence-corrected chi connectivity index (χ3v) is 20.7. The monoisotopic (exact) mass is 1900 g/mol. The lowest BCUT2D eigenvalue weighted by Gasteiger charge is -2.08. The molecule has 3 amide bonds. The number of hydrogen-bond acceptors (Lipinski definition) is 23. The summed E-state index contributed by atoms with van der Waals surface area (Å²) >= 11 is 10.4. The standard InChI is InChI=1S/C28H23Br2NO7.C28H23I2NO7.C28H27N3O7/c3*29-18-11-16(12-19(30)27(18)35)26(34)25-17-13-20(32)23(38-28(36)15-7-3-1-4-8-15)14-22(17)37-21(25)9-5-2-6-10-24(31)33/h2*1,3-4,7-8,11-14,32,35H,2,5-6,9-10H2,(H2,31,33);1,3-4,7-8,11-14,32,35H,2,5-6,9-10,29-30H2,(H2,31,33). The van der Waals surface area contributed by atoms with Gasteiger partial charge in [0.05, 0.1) is 60.8 Å². The van der Waals surface area contributed by atoms with Crippen LogP contribution in [-0.2, 0) is 33.6 Å². The van der Waals surface area contributed by atoms with E-state index in [4.69, 9.17) is 56.1 Å². The van der Waals surface area contributed by atoms with Gasteiger partial charge < -0.3 is 86.8 Å². The number of halogens is 4. The Hall–Kier alpha value is -11.8. The third kappa shape index (κ3) is 21.1. The molecular formula is C84H73Br2I2N5O21. The van der Waals surface area contributed by atoms with E-state index in [1.54, 1.807) is 103 Å². The van der Waals surface area contributed by atoms with Gasteiger partial charge in [0.15, 0.2) is 57.6 Å². The van der Waals surface area contributed by atoms with Crippen molar-refractivity contribution in [1.29, 1.82) is 0 Å². The molecule has 0 radical (unpaired) electrons. The lowest BCUT2D eigenvalue weighted by Crippen LogP contribution is -2.09. The van der Waals surface area contributed by atoms with E-state index >= 15 is 0 Å². The van der Waals surface area contributed by atoms with Crippen LogP contribution < -0.4 is 42.9 Å². The Morgan fingerprint density at radius 2 is 0.623 bits per heavy atom. The number of fused-ring (bicyclic) bond motifs is 3. The van der Waals surface area contributed by atoms with E-state index in [1.165, 1.54) is 60.7 Å². The highest BCUT2D eigenvalue weighted by Crippen LogP contribution is 2.44. The smallest absolute Gasteiger partial charge is 0.343 e. The summed E-state index contributed by atoms with van der Waals surface area (Å²) in [4.78, 5) is 112. The molecule has 30 heteroatoms. The summed E-state index contributed by atoms with van der Waals surface area (Å²) in [6.45, 7) is 0. The van der Waals surface area contributed by atoms with Crippen LogP contribution in [0.5, 0.6) is 51.7 Å². The summed E-state index contributed by atoms with van der Waals surface area (Å²) in [6.07, 6.45) is 7.66. The van der Waals surface area contributed by atoms with Crippen molar-refractivity contribution >= 4 is 174 Å². The Morgan fingerprint density at radius 1 is 0.342 bits per heavy atom. The molecule has 16 N–H and O–H groups in total. The number of aryl methyl sites for hydroxylation is 3. The second-order valence-corrected chi connectivity index (χ2v) is 30.1. The van der Waals surface area contributed by atoms with Crippen molar-refractivity contribution in [1.82, 2.24) is 0 Å². The van der Waals surface area contributed by atoms with Gasteiger partial charge in [-0.3, -0.25) is 28.8 Å². The molecule has 0 aliphatic rings. The Kier molecular flexibility index (Phi) is 28.7. The maximum atomic E-state index is 13.7. The van der Waals surface area contributed by atoms with E-state index in [-0.39, 0.29) is 156 Å². The molecule has 0 aliphatic heterocycles. The number of rotatable bonds is 30. The van der Waals surface area contributed by atoms with Crippen molar-refractivity contribution < 1.29 is 101 Å². The molecule has 0 aliphatic carbocycles. The summed E-state index contributed by atoms with van der Waals surface area (Å²) in [5, 5.41) is 63.2. The Morgan fingerprint density at radius 3 is 0.912 bits per heavy atom. The van der Waals surface area contributed by atoms with Gasteiger partial charge in [0.2, 0.25) is 17.7 Å². The van der Waals surface area contributed by atoms with Gasteiger partial charge in [-0.15, -0.1) is 0 Å². The first-order chi connectivity index (χ1) is 54.5. The molecule has 0 atom stereocenters. The molecule has 0 spiro atoms. The van der Waals surface area contributed by atoms with E-state index in [2.05, 4.69) is 31.9 Å². The van der Waals surface area contributed by atoms with Gasteiger partial charge in [-0.2, -0.15) is 0 Å². The minimum atomic E-state index is -0.673. The predicted molar refractivity (Wildman–Crippen MR) is 446 cm³/mol. The number of esters is 3. The van der Waals surface area contributed by atoms with Crippen molar-refractivity contribution in [2.75, 3.05) is 11.5 Å². The highest BCUT2D eigenvalue weighted by atomic mass is 127. The summed E-state index contributed by atoms with van der Waals surface area (Å²) in [5.74, 6) is -4.81. The van der Waals surface area contributed by atoms with Crippen LogP contribution in [0.4, 0.5) is 11.4 Å². The zero-order chi connectivity index (χ0) is 82.2. The highest BCUT2D eigenvalue weighted by Gasteiger charge is 2.30. The van der Waals surface area contributed by atoms with Crippen molar-refractivity contribution in [3.63, 3.8) is 0 Å². The Balaban J connectivity index is 0.000000181. The Labute approximate surface area is 694 Å². The lowest BCUT2D eigenvalue weighted by molar-refractivity contribution is -0.119. The molecule has 9 aromatic carbocycles. The molecule has 0 saturated heterocycles. The van der Waals surface area contributed by atoms with E-state index in [0.717, 1.165) is 0 Å². The number of nitrogens with two attached hydrogens (primary N) is 5. The maximum Gasteiger partial charge on any atom is 0.343 e. The van der Waals surface area contributed by atoms with Crippen LogP contribution in [0.2, 0.25) is 0 Å². The van der Waals surface area contributed by atoms with Crippen molar-refractivity contribution in [3.05, 3.63) is 247 Å². The molecule has 588 valence electrons. The average Bonchev–Trinajstić information content (AvgIpc) is 1.61. The number of anilines is 2. The van der Waals surface area contributed by atoms with Crippen LogP contribution in [0.3, 0.4) is 0 Å². The molecule has 12 aromatic rings. The molecule has 114 heavy (non-hydrogen) atoms. The number of hydrogen-bond donors (Lipinski definition) is 11. The van der Waals surface area contributed by atoms with Crippen molar-refractivity contribution in [2.45, 2.75) is 96.3 Å². The number of ketones is 3. The molecule has 3 heterocycles. The van der Waals surface area contributed by atoms with Crippen LogP contribution in [0, 0.1) is 7.14 Å². The second kappa shape index (κ2) is 38.7. The minimum Gasteiger partial charge on any atom is -0.506 e.